The second-order valence-electron chi connectivity index (χ2n) is 6.44. The first-order valence-corrected chi connectivity index (χ1v) is 9.96. The molecule has 10 heteroatoms. The molecule has 4 aromatic heterocycles. The van der Waals surface area contributed by atoms with Crippen LogP contribution in [0, 0.1) is 5.82 Å². The van der Waals surface area contributed by atoms with E-state index < -0.39 is 5.82 Å². The van der Waals surface area contributed by atoms with Gasteiger partial charge in [0.2, 0.25) is 0 Å². The highest BCUT2D eigenvalue weighted by Gasteiger charge is 2.26. The summed E-state index contributed by atoms with van der Waals surface area (Å²) in [5.74, 6) is 1.44. The van der Waals surface area contributed by atoms with E-state index in [1.54, 1.807) is 27.0 Å². The van der Waals surface area contributed by atoms with Crippen molar-refractivity contribution < 1.29 is 6.90 Å². The van der Waals surface area contributed by atoms with Gasteiger partial charge in [0.25, 0.3) is 0 Å². The molecule has 0 unspecified atom stereocenters. The zero-order valence-corrected chi connectivity index (χ0v) is 17.2. The fraction of sp³-hybridized carbons (Fsp3) is 0.235. The van der Waals surface area contributed by atoms with E-state index in [9.17, 15) is 4.39 Å². The molecule has 0 bridgehead atoms. The number of hydrogen-bond donors (Lipinski definition) is 1. The smallest absolute Gasteiger partial charge is 0.184 e. The molecule has 138 valence electrons. The number of aromatic nitrogens is 5. The minimum absolute atomic E-state index is 0.409. The number of nitrogens with zero attached hydrogens (tertiary/aromatic N) is 5. The van der Waals surface area contributed by atoms with Crippen molar-refractivity contribution in [1.29, 1.82) is 0 Å². The van der Waals surface area contributed by atoms with Crippen LogP contribution in [0.5, 0.6) is 0 Å². The highest BCUT2D eigenvalue weighted by Crippen LogP contribution is 2.41. The van der Waals surface area contributed by atoms with Crippen molar-refractivity contribution in [3.8, 4) is 11.4 Å². The quantitative estimate of drug-likeness (QED) is 0.322. The van der Waals surface area contributed by atoms with E-state index in [-0.39, 0.29) is 0 Å². The van der Waals surface area contributed by atoms with Gasteiger partial charge >= 0.3 is 0 Å². The number of pyridine rings is 1. The Morgan fingerprint density at radius 3 is 2.93 bits per heavy atom. The summed E-state index contributed by atoms with van der Waals surface area (Å²) in [7, 11) is 1.83. The topological polar surface area (TPSA) is 69.3 Å². The molecular weight excluding hydrogens is 482 g/mol. The van der Waals surface area contributed by atoms with E-state index in [1.165, 1.54) is 30.7 Å². The summed E-state index contributed by atoms with van der Waals surface area (Å²) in [6, 6.07) is 3.58. The summed E-state index contributed by atoms with van der Waals surface area (Å²) in [5, 5.41) is 8.46. The van der Waals surface area contributed by atoms with Gasteiger partial charge in [-0.1, -0.05) is 0 Å². The number of hydrogen-bond acceptors (Lipinski definition) is 6. The first-order valence-electron chi connectivity index (χ1n) is 8.38. The lowest BCUT2D eigenvalue weighted by Crippen LogP contribution is -2.02. The Hall–Kier alpha value is -1.92. The number of rotatable bonds is 5. The van der Waals surface area contributed by atoms with Gasteiger partial charge in [0.1, 0.15) is 46.6 Å². The summed E-state index contributed by atoms with van der Waals surface area (Å²) in [6.45, 7) is 0. The fourth-order valence-electron chi connectivity index (χ4n) is 3.28. The Morgan fingerprint density at radius 1 is 1.33 bits per heavy atom. The third-order valence-corrected chi connectivity index (χ3v) is 5.68. The fourth-order valence-corrected chi connectivity index (χ4v) is 4.22. The van der Waals surface area contributed by atoms with Crippen LogP contribution >= 0.6 is 35.2 Å². The van der Waals surface area contributed by atoms with Crippen molar-refractivity contribution in [1.82, 2.24) is 23.6 Å². The highest BCUT2D eigenvalue weighted by atomic mass is 127. The molecule has 27 heavy (non-hydrogen) atoms. The minimum atomic E-state index is -0.409. The van der Waals surface area contributed by atoms with Gasteiger partial charge in [-0.15, -0.1) is 5.10 Å². The average Bonchev–Trinajstić information content (AvgIpc) is 3.34. The van der Waals surface area contributed by atoms with Crippen molar-refractivity contribution >= 4 is 57.6 Å². The predicted octanol–water partition coefficient (Wildman–Crippen LogP) is 4.58. The van der Waals surface area contributed by atoms with E-state index in [4.69, 9.17) is 2.51 Å². The number of nitrogens with one attached hydrogen (secondary N) is 1. The van der Waals surface area contributed by atoms with Gasteiger partial charge in [0.15, 0.2) is 17.3 Å². The summed E-state index contributed by atoms with van der Waals surface area (Å²) < 4.78 is 22.6. The largest absolute Gasteiger partial charge is 0.371 e. The van der Waals surface area contributed by atoms with Crippen molar-refractivity contribution in [2.75, 3.05) is 12.4 Å². The predicted molar refractivity (Wildman–Crippen MR) is 111 cm³/mol. The van der Waals surface area contributed by atoms with Crippen LogP contribution in [0.2, 0.25) is 0 Å². The third kappa shape index (κ3) is 2.95. The molecule has 5 rings (SSSR count). The van der Waals surface area contributed by atoms with Crippen LogP contribution in [-0.2, 0) is 2.51 Å². The molecule has 7 nitrogen and oxygen atoms in total. The van der Waals surface area contributed by atoms with Crippen molar-refractivity contribution in [2.45, 2.75) is 18.8 Å². The molecule has 1 aliphatic rings. The van der Waals surface area contributed by atoms with Crippen LogP contribution in [-0.4, -0.2) is 30.6 Å². The Kier molecular flexibility index (Phi) is 4.20. The second-order valence-corrected chi connectivity index (χ2v) is 8.19. The minimum Gasteiger partial charge on any atom is -0.371 e. The molecule has 4 aromatic rings. The SMILES string of the molecule is CNc1nc(-c2cn(SOI)c3ncc(F)cc23)nn2cc(C3CC3)cc12. The molecule has 4 heterocycles. The maximum Gasteiger partial charge on any atom is 0.184 e. The Labute approximate surface area is 172 Å². The zero-order valence-electron chi connectivity index (χ0n) is 14.2. The zero-order chi connectivity index (χ0) is 18.5. The molecule has 0 atom stereocenters. The molecule has 1 saturated carbocycles. The third-order valence-electron chi connectivity index (χ3n) is 4.70. The van der Waals surface area contributed by atoms with Crippen LogP contribution in [0.1, 0.15) is 24.3 Å². The molecule has 1 N–H and O–H groups in total. The van der Waals surface area contributed by atoms with E-state index >= 15 is 0 Å². The summed E-state index contributed by atoms with van der Waals surface area (Å²) in [5.41, 5.74) is 3.50. The van der Waals surface area contributed by atoms with Gasteiger partial charge in [0.05, 0.1) is 6.20 Å². The molecule has 1 aliphatic carbocycles. The van der Waals surface area contributed by atoms with Gasteiger partial charge in [0, 0.05) is 30.4 Å². The maximum atomic E-state index is 13.9. The van der Waals surface area contributed by atoms with Crippen molar-refractivity contribution in [2.24, 2.45) is 0 Å². The standard InChI is InChI=1S/C17H14FIN6OS/c1-20-16-14-4-10(9-2-3-9)7-24(14)23-15(22-16)13-8-25(27-26-19)17-12(13)5-11(18)6-21-17/h4-9H,2-3H2,1H3,(H,20,22,23). The van der Waals surface area contributed by atoms with Crippen LogP contribution in [0.4, 0.5) is 10.2 Å². The molecule has 0 aromatic carbocycles. The van der Waals surface area contributed by atoms with Gasteiger partial charge in [-0.05, 0) is 36.5 Å². The molecule has 0 spiro atoms. The summed E-state index contributed by atoms with van der Waals surface area (Å²) in [6.07, 6.45) is 7.50. The lowest BCUT2D eigenvalue weighted by atomic mass is 10.2. The first kappa shape index (κ1) is 17.2. The van der Waals surface area contributed by atoms with Crippen LogP contribution in [0.3, 0.4) is 0 Å². The second kappa shape index (κ2) is 6.60. The van der Waals surface area contributed by atoms with Crippen LogP contribution < -0.4 is 5.32 Å². The molecular formula is C17H14FIN6OS. The first-order chi connectivity index (χ1) is 13.2. The van der Waals surface area contributed by atoms with Crippen LogP contribution in [0.25, 0.3) is 27.9 Å². The van der Waals surface area contributed by atoms with Crippen molar-refractivity contribution in [3.05, 3.63) is 42.1 Å². The Balaban J connectivity index is 1.73. The van der Waals surface area contributed by atoms with E-state index in [0.717, 1.165) is 23.6 Å². The summed E-state index contributed by atoms with van der Waals surface area (Å²) in [4.78, 5) is 8.87. The van der Waals surface area contributed by atoms with Gasteiger partial charge in [-0.3, -0.25) is 0 Å². The molecule has 0 aliphatic heterocycles. The Bertz CT molecular complexity index is 1170. The molecule has 0 saturated heterocycles. The highest BCUT2D eigenvalue weighted by molar-refractivity contribution is 14.1. The lowest BCUT2D eigenvalue weighted by molar-refractivity contribution is 0.624. The average molecular weight is 496 g/mol. The lowest BCUT2D eigenvalue weighted by Gasteiger charge is -2.05. The number of anilines is 1. The van der Waals surface area contributed by atoms with E-state index in [2.05, 4.69) is 32.6 Å². The molecule has 0 radical (unpaired) electrons. The normalized spacial score (nSPS) is 14.3. The molecule has 0 amide bonds. The van der Waals surface area contributed by atoms with Gasteiger partial charge in [-0.25, -0.2) is 25.4 Å². The van der Waals surface area contributed by atoms with E-state index in [1.807, 2.05) is 17.8 Å². The summed E-state index contributed by atoms with van der Waals surface area (Å²) >= 11 is 2.88. The van der Waals surface area contributed by atoms with Crippen molar-refractivity contribution in [3.63, 3.8) is 0 Å². The van der Waals surface area contributed by atoms with Crippen LogP contribution in [0.15, 0.2) is 30.7 Å². The van der Waals surface area contributed by atoms with Gasteiger partial charge < -0.3 is 5.32 Å². The Morgan fingerprint density at radius 2 is 2.19 bits per heavy atom. The van der Waals surface area contributed by atoms with Gasteiger partial charge in [-0.2, -0.15) is 0 Å². The number of halogens is 2. The molecule has 1 fully saturated rings. The maximum absolute atomic E-state index is 13.9. The monoisotopic (exact) mass is 496 g/mol. The number of fused-ring (bicyclic) bond motifs is 2. The van der Waals surface area contributed by atoms with E-state index in [0.29, 0.717) is 28.3 Å².